The summed E-state index contributed by atoms with van der Waals surface area (Å²) in [5, 5.41) is 4.26. The predicted molar refractivity (Wildman–Crippen MR) is 83.4 cm³/mol. The first-order chi connectivity index (χ1) is 9.22. The molecule has 2 heterocycles. The summed E-state index contributed by atoms with van der Waals surface area (Å²) in [4.78, 5) is 2.96. The first kappa shape index (κ1) is 13.2. The average Bonchev–Trinajstić information content (AvgIpc) is 2.81. The standard InChI is InChI=1S/C16H18ClNS/c1-2-14-6-7-15(19-14)9-16(10-18-11-16)12-4-3-5-13(17)8-12/h3-8,18H,2,9-11H2,1H3. The molecule has 0 unspecified atom stereocenters. The van der Waals surface area contributed by atoms with Crippen molar-refractivity contribution in [2.24, 2.45) is 0 Å². The average molecular weight is 292 g/mol. The van der Waals surface area contributed by atoms with Gasteiger partial charge in [-0.15, -0.1) is 11.3 Å². The third-order valence-electron chi connectivity index (χ3n) is 3.94. The van der Waals surface area contributed by atoms with Gasteiger partial charge in [0, 0.05) is 33.3 Å². The monoisotopic (exact) mass is 291 g/mol. The van der Waals surface area contributed by atoms with E-state index in [2.05, 4.69) is 42.6 Å². The zero-order chi connectivity index (χ0) is 13.3. The highest BCUT2D eigenvalue weighted by atomic mass is 35.5. The minimum absolute atomic E-state index is 0.237. The maximum atomic E-state index is 6.14. The zero-order valence-electron chi connectivity index (χ0n) is 11.1. The molecule has 1 saturated heterocycles. The molecule has 100 valence electrons. The molecule has 19 heavy (non-hydrogen) atoms. The lowest BCUT2D eigenvalue weighted by Crippen LogP contribution is -2.58. The van der Waals surface area contributed by atoms with Gasteiger partial charge in [-0.05, 0) is 42.7 Å². The Morgan fingerprint density at radius 2 is 2.00 bits per heavy atom. The molecule has 1 fully saturated rings. The number of rotatable bonds is 4. The van der Waals surface area contributed by atoms with Crippen molar-refractivity contribution in [3.63, 3.8) is 0 Å². The van der Waals surface area contributed by atoms with Gasteiger partial charge in [0.05, 0.1) is 0 Å². The summed E-state index contributed by atoms with van der Waals surface area (Å²) < 4.78 is 0. The van der Waals surface area contributed by atoms with E-state index in [1.807, 2.05) is 17.4 Å². The van der Waals surface area contributed by atoms with Crippen LogP contribution in [0.3, 0.4) is 0 Å². The Kier molecular flexibility index (Phi) is 3.66. The van der Waals surface area contributed by atoms with Gasteiger partial charge in [0.2, 0.25) is 0 Å². The lowest BCUT2D eigenvalue weighted by Gasteiger charge is -2.43. The molecule has 1 aromatic heterocycles. The highest BCUT2D eigenvalue weighted by Crippen LogP contribution is 2.35. The first-order valence-electron chi connectivity index (χ1n) is 6.76. The molecule has 1 N–H and O–H groups in total. The second kappa shape index (κ2) is 5.28. The highest BCUT2D eigenvalue weighted by molar-refractivity contribution is 7.12. The molecule has 0 radical (unpaired) electrons. The summed E-state index contributed by atoms with van der Waals surface area (Å²) in [5.41, 5.74) is 1.60. The molecular formula is C16H18ClNS. The van der Waals surface area contributed by atoms with Crippen molar-refractivity contribution in [3.8, 4) is 0 Å². The third-order valence-corrected chi connectivity index (χ3v) is 5.41. The second-order valence-electron chi connectivity index (χ2n) is 5.29. The van der Waals surface area contributed by atoms with Gasteiger partial charge < -0.3 is 5.32 Å². The molecule has 1 aliphatic heterocycles. The minimum atomic E-state index is 0.237. The van der Waals surface area contributed by atoms with Crippen molar-refractivity contribution < 1.29 is 0 Å². The topological polar surface area (TPSA) is 12.0 Å². The summed E-state index contributed by atoms with van der Waals surface area (Å²) >= 11 is 8.09. The summed E-state index contributed by atoms with van der Waals surface area (Å²) in [6, 6.07) is 12.9. The Hall–Kier alpha value is -0.830. The molecular weight excluding hydrogens is 274 g/mol. The molecule has 1 aromatic carbocycles. The van der Waals surface area contributed by atoms with Gasteiger partial charge in [-0.3, -0.25) is 0 Å². The molecule has 0 atom stereocenters. The van der Waals surface area contributed by atoms with Crippen molar-refractivity contribution in [2.45, 2.75) is 25.2 Å². The molecule has 3 heteroatoms. The van der Waals surface area contributed by atoms with Crippen LogP contribution in [0.1, 0.15) is 22.2 Å². The predicted octanol–water partition coefficient (Wildman–Crippen LogP) is 4.05. The van der Waals surface area contributed by atoms with Crippen LogP contribution in [0, 0.1) is 0 Å². The fourth-order valence-corrected chi connectivity index (χ4v) is 4.01. The van der Waals surface area contributed by atoms with E-state index in [-0.39, 0.29) is 5.41 Å². The lowest BCUT2D eigenvalue weighted by molar-refractivity contribution is 0.276. The van der Waals surface area contributed by atoms with E-state index in [0.29, 0.717) is 0 Å². The number of hydrogen-bond donors (Lipinski definition) is 1. The van der Waals surface area contributed by atoms with Crippen molar-refractivity contribution in [1.29, 1.82) is 0 Å². The van der Waals surface area contributed by atoms with Crippen LogP contribution in [0.25, 0.3) is 0 Å². The smallest absolute Gasteiger partial charge is 0.0408 e. The summed E-state index contributed by atoms with van der Waals surface area (Å²) in [6.07, 6.45) is 2.25. The minimum Gasteiger partial charge on any atom is -0.315 e. The summed E-state index contributed by atoms with van der Waals surface area (Å²) in [7, 11) is 0. The fourth-order valence-electron chi connectivity index (χ4n) is 2.72. The Bertz CT molecular complexity index is 572. The van der Waals surface area contributed by atoms with Crippen molar-refractivity contribution in [1.82, 2.24) is 5.32 Å². The molecule has 1 aliphatic rings. The maximum Gasteiger partial charge on any atom is 0.0408 e. The summed E-state index contributed by atoms with van der Waals surface area (Å²) in [6.45, 7) is 4.31. The van der Waals surface area contributed by atoms with Crippen LogP contribution in [-0.2, 0) is 18.3 Å². The van der Waals surface area contributed by atoms with E-state index >= 15 is 0 Å². The van der Waals surface area contributed by atoms with Crippen molar-refractivity contribution in [2.75, 3.05) is 13.1 Å². The lowest BCUT2D eigenvalue weighted by atomic mass is 9.72. The van der Waals surface area contributed by atoms with Gasteiger partial charge in [0.25, 0.3) is 0 Å². The van der Waals surface area contributed by atoms with E-state index < -0.39 is 0 Å². The maximum absolute atomic E-state index is 6.14. The van der Waals surface area contributed by atoms with Gasteiger partial charge in [-0.25, -0.2) is 0 Å². The van der Waals surface area contributed by atoms with Crippen LogP contribution in [0.4, 0.5) is 0 Å². The zero-order valence-corrected chi connectivity index (χ0v) is 12.7. The van der Waals surface area contributed by atoms with Gasteiger partial charge >= 0.3 is 0 Å². The highest BCUT2D eigenvalue weighted by Gasteiger charge is 2.39. The largest absolute Gasteiger partial charge is 0.315 e. The van der Waals surface area contributed by atoms with Gasteiger partial charge in [-0.2, -0.15) is 0 Å². The molecule has 0 aliphatic carbocycles. The van der Waals surface area contributed by atoms with Crippen LogP contribution in [0.5, 0.6) is 0 Å². The molecule has 1 nitrogen and oxygen atoms in total. The Labute approximate surface area is 123 Å². The Morgan fingerprint density at radius 1 is 1.21 bits per heavy atom. The molecule has 0 spiro atoms. The molecule has 0 saturated carbocycles. The SMILES string of the molecule is CCc1ccc(CC2(c3cccc(Cl)c3)CNC2)s1. The quantitative estimate of drug-likeness (QED) is 0.896. The van der Waals surface area contributed by atoms with E-state index in [1.165, 1.54) is 15.3 Å². The number of hydrogen-bond acceptors (Lipinski definition) is 2. The van der Waals surface area contributed by atoms with Crippen LogP contribution in [0.2, 0.25) is 5.02 Å². The van der Waals surface area contributed by atoms with Crippen LogP contribution >= 0.6 is 22.9 Å². The Balaban J connectivity index is 1.87. The number of aryl methyl sites for hydroxylation is 1. The van der Waals surface area contributed by atoms with Gasteiger partial charge in [0.1, 0.15) is 0 Å². The van der Waals surface area contributed by atoms with Crippen molar-refractivity contribution in [3.05, 3.63) is 56.7 Å². The van der Waals surface area contributed by atoms with Crippen LogP contribution < -0.4 is 5.32 Å². The van der Waals surface area contributed by atoms with E-state index in [0.717, 1.165) is 31.0 Å². The van der Waals surface area contributed by atoms with Crippen LogP contribution in [0.15, 0.2) is 36.4 Å². The molecule has 0 bridgehead atoms. The summed E-state index contributed by atoms with van der Waals surface area (Å²) in [5.74, 6) is 0. The Morgan fingerprint density at radius 3 is 2.58 bits per heavy atom. The van der Waals surface area contributed by atoms with Gasteiger partial charge in [0.15, 0.2) is 0 Å². The number of nitrogens with one attached hydrogen (secondary N) is 1. The van der Waals surface area contributed by atoms with Gasteiger partial charge in [-0.1, -0.05) is 30.7 Å². The third kappa shape index (κ3) is 2.58. The molecule has 0 amide bonds. The second-order valence-corrected chi connectivity index (χ2v) is 6.98. The fraction of sp³-hybridized carbons (Fsp3) is 0.375. The van der Waals surface area contributed by atoms with Crippen molar-refractivity contribution >= 4 is 22.9 Å². The first-order valence-corrected chi connectivity index (χ1v) is 7.96. The molecule has 2 aromatic rings. The van der Waals surface area contributed by atoms with E-state index in [4.69, 9.17) is 11.6 Å². The number of halogens is 1. The van der Waals surface area contributed by atoms with E-state index in [1.54, 1.807) is 0 Å². The van der Waals surface area contributed by atoms with Crippen LogP contribution in [-0.4, -0.2) is 13.1 Å². The normalized spacial score (nSPS) is 17.2. The number of benzene rings is 1. The van der Waals surface area contributed by atoms with E-state index in [9.17, 15) is 0 Å². The molecule has 3 rings (SSSR count). The number of thiophene rings is 1.